The first kappa shape index (κ1) is 23.8. The normalized spacial score (nSPS) is 11.6. The molecule has 4 rings (SSSR count). The van der Waals surface area contributed by atoms with Crippen LogP contribution in [0.15, 0.2) is 72.8 Å². The van der Waals surface area contributed by atoms with Crippen LogP contribution in [0.4, 0.5) is 15.6 Å². The Hall–Kier alpha value is -4.31. The summed E-state index contributed by atoms with van der Waals surface area (Å²) in [5, 5.41) is 16.7. The Morgan fingerprint density at radius 2 is 1.80 bits per heavy atom. The molecule has 0 bridgehead atoms. The maximum atomic E-state index is 13.1. The Kier molecular flexibility index (Phi) is 7.32. The van der Waals surface area contributed by atoms with Gasteiger partial charge in [-0.1, -0.05) is 59.9 Å². The molecule has 10 heteroatoms. The van der Waals surface area contributed by atoms with E-state index >= 15 is 0 Å². The fourth-order valence-electron chi connectivity index (χ4n) is 3.38. The molecule has 0 aliphatic rings. The van der Waals surface area contributed by atoms with Crippen molar-refractivity contribution < 1.29 is 19.2 Å². The predicted octanol–water partition coefficient (Wildman–Crippen LogP) is 4.99. The number of non-ortho nitro benzene ring substituents is 1. The summed E-state index contributed by atoms with van der Waals surface area (Å²) in [5.41, 5.74) is 3.23. The van der Waals surface area contributed by atoms with Crippen LogP contribution in [0.25, 0.3) is 10.2 Å². The van der Waals surface area contributed by atoms with E-state index in [4.69, 9.17) is 4.74 Å². The minimum absolute atomic E-state index is 0.0514. The molecule has 0 spiro atoms. The Morgan fingerprint density at radius 1 is 1.06 bits per heavy atom. The van der Waals surface area contributed by atoms with Gasteiger partial charge in [0.05, 0.1) is 15.1 Å². The number of amides is 2. The first-order valence-corrected chi connectivity index (χ1v) is 11.6. The molecule has 0 fully saturated rings. The summed E-state index contributed by atoms with van der Waals surface area (Å²) in [7, 11) is 0. The van der Waals surface area contributed by atoms with Gasteiger partial charge in [0.15, 0.2) is 5.13 Å². The lowest BCUT2D eigenvalue weighted by atomic mass is 10.0. The first-order valence-electron chi connectivity index (χ1n) is 10.8. The SMILES string of the molecule is Cc1ccc2nc(NC(=O)[C@@H](Cc3ccc([N+](=O)[O-])cc3)NC(=O)OCc3ccccc3)sc2c1. The zero-order chi connectivity index (χ0) is 24.8. The van der Waals surface area contributed by atoms with Crippen molar-refractivity contribution in [3.63, 3.8) is 0 Å². The molecule has 35 heavy (non-hydrogen) atoms. The molecule has 2 N–H and O–H groups in total. The van der Waals surface area contributed by atoms with Crippen LogP contribution >= 0.6 is 11.3 Å². The van der Waals surface area contributed by atoms with Crippen LogP contribution in [-0.4, -0.2) is 27.9 Å². The number of hydrogen-bond acceptors (Lipinski definition) is 7. The fourth-order valence-corrected chi connectivity index (χ4v) is 4.35. The van der Waals surface area contributed by atoms with Crippen molar-refractivity contribution in [3.8, 4) is 0 Å². The highest BCUT2D eigenvalue weighted by molar-refractivity contribution is 7.22. The second-order valence-electron chi connectivity index (χ2n) is 7.87. The molecular weight excluding hydrogens is 468 g/mol. The van der Waals surface area contributed by atoms with E-state index in [2.05, 4.69) is 15.6 Å². The number of fused-ring (bicyclic) bond motifs is 1. The lowest BCUT2D eigenvalue weighted by Gasteiger charge is -2.18. The number of nitro groups is 1. The van der Waals surface area contributed by atoms with E-state index in [-0.39, 0.29) is 18.7 Å². The average Bonchev–Trinajstić information content (AvgIpc) is 3.24. The number of alkyl carbamates (subject to hydrolysis) is 1. The fraction of sp³-hybridized carbons (Fsp3) is 0.160. The molecular formula is C25H22N4O5S. The highest BCUT2D eigenvalue weighted by atomic mass is 32.1. The Morgan fingerprint density at radius 3 is 2.51 bits per heavy atom. The predicted molar refractivity (Wildman–Crippen MR) is 133 cm³/mol. The molecule has 1 heterocycles. The minimum Gasteiger partial charge on any atom is -0.445 e. The topological polar surface area (TPSA) is 123 Å². The second kappa shape index (κ2) is 10.7. The maximum absolute atomic E-state index is 13.1. The monoisotopic (exact) mass is 490 g/mol. The Bertz CT molecular complexity index is 1360. The molecule has 4 aromatic rings. The Balaban J connectivity index is 1.48. The average molecular weight is 491 g/mol. The van der Waals surface area contributed by atoms with Gasteiger partial charge < -0.3 is 15.4 Å². The summed E-state index contributed by atoms with van der Waals surface area (Å²) in [4.78, 5) is 40.5. The van der Waals surface area contributed by atoms with E-state index in [0.717, 1.165) is 21.3 Å². The van der Waals surface area contributed by atoms with E-state index in [0.29, 0.717) is 10.7 Å². The van der Waals surface area contributed by atoms with Crippen LogP contribution in [0, 0.1) is 17.0 Å². The molecule has 0 saturated carbocycles. The molecule has 0 radical (unpaired) electrons. The number of carbonyl (C=O) groups is 2. The molecule has 3 aromatic carbocycles. The number of ether oxygens (including phenoxy) is 1. The van der Waals surface area contributed by atoms with Gasteiger partial charge in [0.1, 0.15) is 12.6 Å². The molecule has 0 saturated heterocycles. The molecule has 1 aromatic heterocycles. The highest BCUT2D eigenvalue weighted by Gasteiger charge is 2.24. The summed E-state index contributed by atoms with van der Waals surface area (Å²) in [6.45, 7) is 2.03. The lowest BCUT2D eigenvalue weighted by Crippen LogP contribution is -2.45. The van der Waals surface area contributed by atoms with Crippen molar-refractivity contribution >= 4 is 44.4 Å². The van der Waals surface area contributed by atoms with E-state index < -0.39 is 23.0 Å². The number of aromatic nitrogens is 1. The molecule has 178 valence electrons. The number of benzene rings is 3. The van der Waals surface area contributed by atoms with Gasteiger partial charge in [-0.05, 0) is 35.7 Å². The third-order valence-electron chi connectivity index (χ3n) is 5.18. The summed E-state index contributed by atoms with van der Waals surface area (Å²) in [5.74, 6) is -0.476. The number of carbonyl (C=O) groups excluding carboxylic acids is 2. The Labute approximate surface area is 204 Å². The zero-order valence-electron chi connectivity index (χ0n) is 18.8. The summed E-state index contributed by atoms with van der Waals surface area (Å²) < 4.78 is 6.21. The molecule has 2 amide bonds. The van der Waals surface area contributed by atoms with Crippen LogP contribution in [0.1, 0.15) is 16.7 Å². The number of nitrogens with one attached hydrogen (secondary N) is 2. The van der Waals surface area contributed by atoms with Crippen LogP contribution in [0.3, 0.4) is 0 Å². The van der Waals surface area contributed by atoms with Gasteiger partial charge in [0.2, 0.25) is 5.91 Å². The van der Waals surface area contributed by atoms with Crippen LogP contribution in [0.2, 0.25) is 0 Å². The van der Waals surface area contributed by atoms with Crippen molar-refractivity contribution in [2.75, 3.05) is 5.32 Å². The number of anilines is 1. The van der Waals surface area contributed by atoms with Gasteiger partial charge in [-0.25, -0.2) is 9.78 Å². The molecule has 9 nitrogen and oxygen atoms in total. The van der Waals surface area contributed by atoms with Crippen LogP contribution in [-0.2, 0) is 22.6 Å². The van der Waals surface area contributed by atoms with Gasteiger partial charge in [-0.3, -0.25) is 14.9 Å². The third-order valence-corrected chi connectivity index (χ3v) is 6.12. The van der Waals surface area contributed by atoms with E-state index in [9.17, 15) is 19.7 Å². The summed E-state index contributed by atoms with van der Waals surface area (Å²) in [6, 6.07) is 19.8. The smallest absolute Gasteiger partial charge is 0.408 e. The van der Waals surface area contributed by atoms with Gasteiger partial charge in [-0.2, -0.15) is 0 Å². The second-order valence-corrected chi connectivity index (χ2v) is 8.90. The quantitative estimate of drug-likeness (QED) is 0.265. The van der Waals surface area contributed by atoms with Crippen molar-refractivity contribution in [2.24, 2.45) is 0 Å². The van der Waals surface area contributed by atoms with E-state index in [1.165, 1.54) is 23.5 Å². The summed E-state index contributed by atoms with van der Waals surface area (Å²) in [6.07, 6.45) is -0.648. The van der Waals surface area contributed by atoms with Gasteiger partial charge in [-0.15, -0.1) is 0 Å². The number of nitrogens with zero attached hydrogens (tertiary/aromatic N) is 2. The van der Waals surface area contributed by atoms with Gasteiger partial charge in [0, 0.05) is 18.6 Å². The first-order chi connectivity index (χ1) is 16.9. The van der Waals surface area contributed by atoms with Crippen molar-refractivity contribution in [3.05, 3.63) is 99.6 Å². The highest BCUT2D eigenvalue weighted by Crippen LogP contribution is 2.27. The molecule has 0 unspecified atom stereocenters. The molecule has 1 atom stereocenters. The van der Waals surface area contributed by atoms with Crippen molar-refractivity contribution in [2.45, 2.75) is 26.0 Å². The number of thiazole rings is 1. The zero-order valence-corrected chi connectivity index (χ0v) is 19.6. The van der Waals surface area contributed by atoms with Gasteiger partial charge in [0.25, 0.3) is 5.69 Å². The van der Waals surface area contributed by atoms with Crippen molar-refractivity contribution in [1.82, 2.24) is 10.3 Å². The lowest BCUT2D eigenvalue weighted by molar-refractivity contribution is -0.384. The number of nitro benzene ring substituents is 1. The molecule has 0 aliphatic carbocycles. The molecule has 0 aliphatic heterocycles. The third kappa shape index (κ3) is 6.39. The van der Waals surface area contributed by atoms with Crippen LogP contribution in [0.5, 0.6) is 0 Å². The largest absolute Gasteiger partial charge is 0.445 e. The maximum Gasteiger partial charge on any atom is 0.408 e. The van der Waals surface area contributed by atoms with Crippen LogP contribution < -0.4 is 10.6 Å². The number of rotatable bonds is 8. The van der Waals surface area contributed by atoms with E-state index in [1.54, 1.807) is 12.1 Å². The summed E-state index contributed by atoms with van der Waals surface area (Å²) >= 11 is 1.33. The van der Waals surface area contributed by atoms with Gasteiger partial charge >= 0.3 is 6.09 Å². The number of aryl methyl sites for hydroxylation is 1. The van der Waals surface area contributed by atoms with E-state index in [1.807, 2.05) is 55.5 Å². The number of hydrogen-bond donors (Lipinski definition) is 2. The minimum atomic E-state index is -0.992. The van der Waals surface area contributed by atoms with Crippen molar-refractivity contribution in [1.29, 1.82) is 0 Å². The standard InChI is InChI=1S/C25H22N4O5S/c1-16-7-12-20-22(13-16)35-24(26-20)28-23(30)21(14-17-8-10-19(11-9-17)29(32)33)27-25(31)34-15-18-5-3-2-4-6-18/h2-13,21H,14-15H2,1H3,(H,27,31)(H,26,28,30)/t21-/m1/s1.